The van der Waals surface area contributed by atoms with E-state index in [0.717, 1.165) is 16.3 Å². The van der Waals surface area contributed by atoms with Crippen molar-refractivity contribution in [3.8, 4) is 16.4 Å². The largest absolute Gasteiger partial charge is 0.309 e. The number of carbonyl (C=O) groups excluding carboxylic acids is 1. The lowest BCUT2D eigenvalue weighted by atomic mass is 10.3. The Bertz CT molecular complexity index is 1260. The first-order valence-electron chi connectivity index (χ1n) is 9.22. The third-order valence-corrected chi connectivity index (χ3v) is 5.37. The van der Waals surface area contributed by atoms with Crippen molar-refractivity contribution < 1.29 is 4.79 Å². The fourth-order valence-electron chi connectivity index (χ4n) is 2.99. The molecular formula is C20H19N7O2S. The van der Waals surface area contributed by atoms with Gasteiger partial charge in [-0.15, -0.1) is 11.3 Å². The summed E-state index contributed by atoms with van der Waals surface area (Å²) in [6, 6.07) is 9.61. The number of nitrogens with one attached hydrogen (secondary N) is 1. The number of nitrogens with zero attached hydrogens (tertiary/aromatic N) is 6. The quantitative estimate of drug-likeness (QED) is 0.531. The summed E-state index contributed by atoms with van der Waals surface area (Å²) < 4.78 is 2.85. The number of thiophene rings is 1. The molecule has 0 radical (unpaired) electrons. The summed E-state index contributed by atoms with van der Waals surface area (Å²) in [5.41, 5.74) is 2.06. The van der Waals surface area contributed by atoms with Crippen molar-refractivity contribution in [2.24, 2.45) is 0 Å². The lowest BCUT2D eigenvalue weighted by Gasteiger charge is -2.14. The minimum absolute atomic E-state index is 0.312. The van der Waals surface area contributed by atoms with E-state index in [1.165, 1.54) is 28.4 Å². The van der Waals surface area contributed by atoms with Gasteiger partial charge in [-0.25, -0.2) is 19.3 Å². The van der Waals surface area contributed by atoms with Crippen molar-refractivity contribution in [2.45, 2.75) is 26.8 Å². The Morgan fingerprint density at radius 1 is 1.13 bits per heavy atom. The normalized spacial score (nSPS) is 12.0. The molecular weight excluding hydrogens is 402 g/mol. The van der Waals surface area contributed by atoms with Gasteiger partial charge in [0.1, 0.15) is 23.9 Å². The summed E-state index contributed by atoms with van der Waals surface area (Å²) >= 11 is 1.51. The Balaban J connectivity index is 1.57. The maximum Gasteiger partial charge on any atom is 0.267 e. The van der Waals surface area contributed by atoms with Gasteiger partial charge in [-0.3, -0.25) is 9.59 Å². The van der Waals surface area contributed by atoms with Gasteiger partial charge < -0.3 is 5.32 Å². The molecule has 1 atom stereocenters. The highest BCUT2D eigenvalue weighted by Crippen LogP contribution is 2.22. The molecule has 0 bridgehead atoms. The van der Waals surface area contributed by atoms with E-state index >= 15 is 0 Å². The summed E-state index contributed by atoms with van der Waals surface area (Å²) in [7, 11) is 0. The highest BCUT2D eigenvalue weighted by Gasteiger charge is 2.19. The van der Waals surface area contributed by atoms with Gasteiger partial charge in [0.2, 0.25) is 5.91 Å². The van der Waals surface area contributed by atoms with Gasteiger partial charge in [0.05, 0.1) is 10.6 Å². The summed E-state index contributed by atoms with van der Waals surface area (Å²) in [6.07, 6.45) is 1.36. The Morgan fingerprint density at radius 3 is 2.67 bits per heavy atom. The molecule has 152 valence electrons. The second kappa shape index (κ2) is 7.99. The van der Waals surface area contributed by atoms with E-state index in [0.29, 0.717) is 17.3 Å². The van der Waals surface area contributed by atoms with E-state index < -0.39 is 11.9 Å². The molecule has 1 N–H and O–H groups in total. The van der Waals surface area contributed by atoms with Gasteiger partial charge in [-0.2, -0.15) is 10.2 Å². The van der Waals surface area contributed by atoms with Crippen molar-refractivity contribution in [1.82, 2.24) is 29.5 Å². The molecule has 9 nitrogen and oxygen atoms in total. The van der Waals surface area contributed by atoms with Crippen molar-refractivity contribution in [1.29, 1.82) is 0 Å². The van der Waals surface area contributed by atoms with Crippen molar-refractivity contribution in [3.05, 3.63) is 69.8 Å². The third kappa shape index (κ3) is 3.90. The number of hydrogen-bond donors (Lipinski definition) is 1. The molecule has 0 spiro atoms. The summed E-state index contributed by atoms with van der Waals surface area (Å²) in [6.45, 7) is 5.43. The molecule has 0 unspecified atom stereocenters. The predicted octanol–water partition coefficient (Wildman–Crippen LogP) is 2.76. The van der Waals surface area contributed by atoms with Crippen LogP contribution in [0, 0.1) is 13.8 Å². The van der Waals surface area contributed by atoms with Gasteiger partial charge in [0.15, 0.2) is 5.82 Å². The summed E-state index contributed by atoms with van der Waals surface area (Å²) in [5, 5.41) is 13.4. The first-order chi connectivity index (χ1) is 14.4. The molecule has 0 aliphatic carbocycles. The number of anilines is 1. The maximum absolute atomic E-state index is 12.8. The zero-order valence-corrected chi connectivity index (χ0v) is 17.4. The number of hydrogen-bond acceptors (Lipinski definition) is 7. The van der Waals surface area contributed by atoms with Crippen LogP contribution in [0.15, 0.2) is 52.9 Å². The van der Waals surface area contributed by atoms with Gasteiger partial charge >= 0.3 is 0 Å². The van der Waals surface area contributed by atoms with Crippen LogP contribution >= 0.6 is 11.3 Å². The zero-order valence-electron chi connectivity index (χ0n) is 16.6. The third-order valence-electron chi connectivity index (χ3n) is 4.48. The molecule has 0 saturated carbocycles. The SMILES string of the molecule is Cc1cc(C)n(-c2cc(NC(=O)[C@H](C)n3nc(-c4cccs4)ccc3=O)ncn2)n1. The van der Waals surface area contributed by atoms with Gasteiger partial charge in [0.25, 0.3) is 5.56 Å². The molecule has 4 rings (SSSR count). The van der Waals surface area contributed by atoms with Crippen molar-refractivity contribution in [3.63, 3.8) is 0 Å². The van der Waals surface area contributed by atoms with Gasteiger partial charge in [-0.05, 0) is 44.4 Å². The van der Waals surface area contributed by atoms with E-state index in [1.807, 2.05) is 37.4 Å². The van der Waals surface area contributed by atoms with Crippen LogP contribution in [0.4, 0.5) is 5.82 Å². The monoisotopic (exact) mass is 421 g/mol. The van der Waals surface area contributed by atoms with Crippen LogP contribution in [-0.2, 0) is 4.79 Å². The molecule has 0 saturated heterocycles. The number of carbonyl (C=O) groups is 1. The lowest BCUT2D eigenvalue weighted by molar-refractivity contribution is -0.119. The second-order valence-corrected chi connectivity index (χ2v) is 7.69. The topological polar surface area (TPSA) is 108 Å². The molecule has 10 heteroatoms. The van der Waals surface area contributed by atoms with Crippen LogP contribution in [-0.4, -0.2) is 35.4 Å². The standard InChI is InChI=1S/C20H19N7O2S/c1-12-9-13(2)26(24-12)18-10-17(21-11-22-18)23-20(29)14(3)27-19(28)7-6-15(25-27)16-5-4-8-30-16/h4-11,14H,1-3H3,(H,21,22,23,29)/t14-/m0/s1. The Hall–Kier alpha value is -3.66. The maximum atomic E-state index is 12.8. The Labute approximate surface area is 176 Å². The van der Waals surface area contributed by atoms with Crippen LogP contribution in [0.25, 0.3) is 16.4 Å². The molecule has 4 aromatic rings. The predicted molar refractivity (Wildman–Crippen MR) is 114 cm³/mol. The van der Waals surface area contributed by atoms with Gasteiger partial charge in [0, 0.05) is 17.8 Å². The van der Waals surface area contributed by atoms with Crippen LogP contribution < -0.4 is 10.9 Å². The smallest absolute Gasteiger partial charge is 0.267 e. The Morgan fingerprint density at radius 2 is 1.97 bits per heavy atom. The van der Waals surface area contributed by atoms with Gasteiger partial charge in [-0.1, -0.05) is 6.07 Å². The van der Waals surface area contributed by atoms with E-state index in [4.69, 9.17) is 0 Å². The fourth-order valence-corrected chi connectivity index (χ4v) is 3.68. The highest BCUT2D eigenvalue weighted by atomic mass is 32.1. The number of amides is 1. The van der Waals surface area contributed by atoms with E-state index in [1.54, 1.807) is 23.7 Å². The van der Waals surface area contributed by atoms with E-state index in [-0.39, 0.29) is 5.56 Å². The van der Waals surface area contributed by atoms with E-state index in [9.17, 15) is 9.59 Å². The molecule has 30 heavy (non-hydrogen) atoms. The first-order valence-corrected chi connectivity index (χ1v) is 10.1. The average Bonchev–Trinajstić information content (AvgIpc) is 3.37. The van der Waals surface area contributed by atoms with Crippen molar-refractivity contribution in [2.75, 3.05) is 5.32 Å². The Kier molecular flexibility index (Phi) is 5.23. The van der Waals surface area contributed by atoms with Crippen molar-refractivity contribution >= 4 is 23.1 Å². The summed E-state index contributed by atoms with van der Waals surface area (Å²) in [4.78, 5) is 34.3. The number of rotatable bonds is 5. The lowest BCUT2D eigenvalue weighted by Crippen LogP contribution is -2.33. The molecule has 1 amide bonds. The first kappa shape index (κ1) is 19.6. The van der Waals surface area contributed by atoms with Crippen LogP contribution in [0.2, 0.25) is 0 Å². The van der Waals surface area contributed by atoms with Crippen LogP contribution in [0.3, 0.4) is 0 Å². The number of aromatic nitrogens is 6. The second-order valence-electron chi connectivity index (χ2n) is 6.74. The number of aryl methyl sites for hydroxylation is 2. The fraction of sp³-hybridized carbons (Fsp3) is 0.200. The minimum Gasteiger partial charge on any atom is -0.309 e. The zero-order chi connectivity index (χ0) is 21.3. The van der Waals surface area contributed by atoms with Crippen LogP contribution in [0.1, 0.15) is 24.4 Å². The minimum atomic E-state index is -0.829. The average molecular weight is 421 g/mol. The summed E-state index contributed by atoms with van der Waals surface area (Å²) in [5.74, 6) is 0.436. The molecule has 0 fully saturated rings. The molecule has 0 aliphatic heterocycles. The molecule has 0 aliphatic rings. The molecule has 4 heterocycles. The van der Waals surface area contributed by atoms with Crippen LogP contribution in [0.5, 0.6) is 0 Å². The molecule has 4 aromatic heterocycles. The molecule has 0 aromatic carbocycles. The highest BCUT2D eigenvalue weighted by molar-refractivity contribution is 7.13. The van der Waals surface area contributed by atoms with E-state index in [2.05, 4.69) is 25.5 Å².